The van der Waals surface area contributed by atoms with E-state index in [1.54, 1.807) is 0 Å². The predicted octanol–water partition coefficient (Wildman–Crippen LogP) is 7.23. The summed E-state index contributed by atoms with van der Waals surface area (Å²) in [5.74, 6) is 0.942. The van der Waals surface area contributed by atoms with E-state index in [4.69, 9.17) is 9.47 Å². The van der Waals surface area contributed by atoms with Crippen LogP contribution in [0.15, 0.2) is 0 Å². The molecule has 2 atom stereocenters. The third-order valence-corrected chi connectivity index (χ3v) is 5.41. The van der Waals surface area contributed by atoms with Crippen molar-refractivity contribution in [3.8, 4) is 0 Å². The first-order valence-corrected chi connectivity index (χ1v) is 12.2. The predicted molar refractivity (Wildman–Crippen MR) is 121 cm³/mol. The molecule has 0 radical (unpaired) electrons. The van der Waals surface area contributed by atoms with E-state index in [2.05, 4.69) is 27.7 Å². The van der Waals surface area contributed by atoms with E-state index in [9.17, 15) is 9.59 Å². The molecule has 0 aliphatic heterocycles. The van der Waals surface area contributed by atoms with Crippen LogP contribution in [0.3, 0.4) is 0 Å². The van der Waals surface area contributed by atoms with Crippen LogP contribution in [0.5, 0.6) is 0 Å². The largest absolute Gasteiger partial charge is 0.466 e. The lowest BCUT2D eigenvalue weighted by Gasteiger charge is -2.13. The van der Waals surface area contributed by atoms with Crippen LogP contribution < -0.4 is 0 Å². The van der Waals surface area contributed by atoms with Gasteiger partial charge in [0.15, 0.2) is 0 Å². The van der Waals surface area contributed by atoms with Crippen molar-refractivity contribution in [2.45, 2.75) is 131 Å². The Morgan fingerprint density at radius 2 is 1.34 bits per heavy atom. The molecule has 4 nitrogen and oxygen atoms in total. The number of hydrogen-bond acceptors (Lipinski definition) is 4. The Hall–Kier alpha value is -1.06. The summed E-state index contributed by atoms with van der Waals surface area (Å²) in [5, 5.41) is 0. The van der Waals surface area contributed by atoms with Crippen LogP contribution in [0.4, 0.5) is 0 Å². The normalized spacial score (nSPS) is 13.3. The maximum absolute atomic E-state index is 11.9. The van der Waals surface area contributed by atoms with Crippen molar-refractivity contribution in [1.29, 1.82) is 0 Å². The molecule has 4 heteroatoms. The summed E-state index contributed by atoms with van der Waals surface area (Å²) >= 11 is 0. The van der Waals surface area contributed by atoms with E-state index in [-0.39, 0.29) is 18.0 Å². The van der Waals surface area contributed by atoms with Crippen molar-refractivity contribution in [2.75, 3.05) is 6.61 Å². The maximum Gasteiger partial charge on any atom is 0.306 e. The average Bonchev–Trinajstić information content (AvgIpc) is 2.64. The van der Waals surface area contributed by atoms with Crippen LogP contribution in [-0.2, 0) is 19.1 Å². The molecule has 0 aliphatic carbocycles. The number of carbonyl (C=O) groups excluding carboxylic acids is 2. The first kappa shape index (κ1) is 27.9. The number of esters is 2. The third kappa shape index (κ3) is 20.0. The Bertz CT molecular complexity index is 406. The summed E-state index contributed by atoms with van der Waals surface area (Å²) in [5.41, 5.74) is 0. The molecule has 0 bridgehead atoms. The second-order valence-corrected chi connectivity index (χ2v) is 9.15. The van der Waals surface area contributed by atoms with E-state index in [0.29, 0.717) is 31.8 Å². The summed E-state index contributed by atoms with van der Waals surface area (Å²) in [6.45, 7) is 11.4. The molecule has 0 N–H and O–H groups in total. The number of hydrogen-bond donors (Lipinski definition) is 0. The molecule has 0 heterocycles. The quantitative estimate of drug-likeness (QED) is 0.166. The third-order valence-electron chi connectivity index (χ3n) is 5.41. The van der Waals surface area contributed by atoms with Gasteiger partial charge >= 0.3 is 11.9 Å². The van der Waals surface area contributed by atoms with Crippen molar-refractivity contribution >= 4 is 11.9 Å². The SMILES string of the molecule is CCCCCCCCC(C)OC(=O)CCCC(=O)OCCC(C)CCCC(C)C. The standard InChI is InChI=1S/C25H48O4/c1-6-7-8-9-10-11-16-23(5)29-25(27)18-13-17-24(26)28-20-19-22(4)15-12-14-21(2)3/h21-23H,6-20H2,1-5H3. The topological polar surface area (TPSA) is 52.6 Å². The lowest BCUT2D eigenvalue weighted by atomic mass is 9.98. The highest BCUT2D eigenvalue weighted by atomic mass is 16.5. The molecule has 0 aromatic rings. The van der Waals surface area contributed by atoms with Crippen LogP contribution >= 0.6 is 0 Å². The zero-order valence-electron chi connectivity index (χ0n) is 20.0. The minimum atomic E-state index is -0.202. The molecule has 0 amide bonds. The van der Waals surface area contributed by atoms with Gasteiger partial charge in [-0.05, 0) is 44.4 Å². The van der Waals surface area contributed by atoms with Gasteiger partial charge in [0.05, 0.1) is 12.7 Å². The average molecular weight is 413 g/mol. The van der Waals surface area contributed by atoms with Crippen molar-refractivity contribution in [2.24, 2.45) is 11.8 Å². The summed E-state index contributed by atoms with van der Waals surface area (Å²) in [7, 11) is 0. The Balaban J connectivity index is 3.61. The minimum Gasteiger partial charge on any atom is -0.466 e. The molecule has 0 aromatic heterocycles. The Kier molecular flexibility index (Phi) is 18.2. The first-order chi connectivity index (χ1) is 13.8. The molecule has 2 unspecified atom stereocenters. The Morgan fingerprint density at radius 3 is 2.03 bits per heavy atom. The summed E-state index contributed by atoms with van der Waals surface area (Å²) < 4.78 is 10.7. The van der Waals surface area contributed by atoms with Crippen LogP contribution in [0.2, 0.25) is 0 Å². The van der Waals surface area contributed by atoms with Gasteiger partial charge in [-0.1, -0.05) is 79.1 Å². The van der Waals surface area contributed by atoms with Crippen LogP contribution in [0.1, 0.15) is 125 Å². The smallest absolute Gasteiger partial charge is 0.306 e. The molecule has 0 aromatic carbocycles. The summed E-state index contributed by atoms with van der Waals surface area (Å²) in [6, 6.07) is 0. The zero-order valence-corrected chi connectivity index (χ0v) is 20.0. The molecule has 0 aliphatic rings. The fraction of sp³-hybridized carbons (Fsp3) is 0.920. The molecule has 0 saturated heterocycles. The fourth-order valence-corrected chi connectivity index (χ4v) is 3.40. The summed E-state index contributed by atoms with van der Waals surface area (Å²) in [4.78, 5) is 23.7. The highest BCUT2D eigenvalue weighted by molar-refractivity contribution is 5.72. The van der Waals surface area contributed by atoms with Gasteiger partial charge in [0.25, 0.3) is 0 Å². The van der Waals surface area contributed by atoms with Gasteiger partial charge < -0.3 is 9.47 Å². The van der Waals surface area contributed by atoms with Crippen molar-refractivity contribution in [3.63, 3.8) is 0 Å². The highest BCUT2D eigenvalue weighted by Gasteiger charge is 2.11. The van der Waals surface area contributed by atoms with Gasteiger partial charge in [-0.25, -0.2) is 0 Å². The molecular weight excluding hydrogens is 364 g/mol. The van der Waals surface area contributed by atoms with E-state index in [0.717, 1.165) is 25.2 Å². The van der Waals surface area contributed by atoms with Crippen molar-refractivity contribution in [3.05, 3.63) is 0 Å². The van der Waals surface area contributed by atoms with E-state index >= 15 is 0 Å². The van der Waals surface area contributed by atoms with Gasteiger partial charge in [-0.15, -0.1) is 0 Å². The first-order valence-electron chi connectivity index (χ1n) is 12.2. The number of unbranched alkanes of at least 4 members (excludes halogenated alkanes) is 5. The summed E-state index contributed by atoms with van der Waals surface area (Å²) in [6.07, 6.45) is 14.1. The highest BCUT2D eigenvalue weighted by Crippen LogP contribution is 2.15. The molecular formula is C25H48O4. The molecule has 0 spiro atoms. The number of rotatable bonds is 19. The fourth-order valence-electron chi connectivity index (χ4n) is 3.40. The van der Waals surface area contributed by atoms with Crippen molar-refractivity contribution < 1.29 is 19.1 Å². The second kappa shape index (κ2) is 18.9. The van der Waals surface area contributed by atoms with E-state index in [1.165, 1.54) is 51.4 Å². The molecule has 0 fully saturated rings. The maximum atomic E-state index is 11.9. The van der Waals surface area contributed by atoms with Crippen LogP contribution in [0.25, 0.3) is 0 Å². The van der Waals surface area contributed by atoms with Crippen LogP contribution in [-0.4, -0.2) is 24.6 Å². The van der Waals surface area contributed by atoms with Crippen LogP contribution in [0, 0.1) is 11.8 Å². The van der Waals surface area contributed by atoms with Gasteiger partial charge in [0, 0.05) is 12.8 Å². The van der Waals surface area contributed by atoms with E-state index in [1.807, 2.05) is 6.92 Å². The molecule has 0 rings (SSSR count). The number of carbonyl (C=O) groups is 2. The lowest BCUT2D eigenvalue weighted by molar-refractivity contribution is -0.149. The molecule has 172 valence electrons. The van der Waals surface area contributed by atoms with Gasteiger partial charge in [0.1, 0.15) is 0 Å². The van der Waals surface area contributed by atoms with Gasteiger partial charge in [0.2, 0.25) is 0 Å². The molecule has 29 heavy (non-hydrogen) atoms. The van der Waals surface area contributed by atoms with E-state index < -0.39 is 0 Å². The Labute approximate surface area is 180 Å². The molecule has 0 saturated carbocycles. The van der Waals surface area contributed by atoms with Crippen molar-refractivity contribution in [1.82, 2.24) is 0 Å². The zero-order chi connectivity index (χ0) is 21.9. The van der Waals surface area contributed by atoms with Gasteiger partial charge in [-0.3, -0.25) is 9.59 Å². The Morgan fingerprint density at radius 1 is 0.690 bits per heavy atom. The monoisotopic (exact) mass is 412 g/mol. The lowest BCUT2D eigenvalue weighted by Crippen LogP contribution is -2.15. The minimum absolute atomic E-state index is 0.0298. The van der Waals surface area contributed by atoms with Gasteiger partial charge in [-0.2, -0.15) is 0 Å². The second-order valence-electron chi connectivity index (χ2n) is 9.15. The number of ether oxygens (including phenoxy) is 2.